The van der Waals surface area contributed by atoms with Crippen LogP contribution in [0.25, 0.3) is 10.9 Å². The number of piperazine rings is 1. The van der Waals surface area contributed by atoms with Crippen LogP contribution in [-0.2, 0) is 4.79 Å². The summed E-state index contributed by atoms with van der Waals surface area (Å²) < 4.78 is 0. The molecule has 0 atom stereocenters. The van der Waals surface area contributed by atoms with Gasteiger partial charge in [0, 0.05) is 32.6 Å². The molecule has 6 heteroatoms. The molecule has 0 bridgehead atoms. The lowest BCUT2D eigenvalue weighted by atomic mass is 10.1. The Bertz CT molecular complexity index is 776. The second-order valence-electron chi connectivity index (χ2n) is 6.71. The molecule has 2 heterocycles. The number of anilines is 1. The predicted octanol–water partition coefficient (Wildman–Crippen LogP) is 2.01. The molecule has 1 aromatic carbocycles. The van der Waals surface area contributed by atoms with Crippen LogP contribution in [0.2, 0.25) is 0 Å². The van der Waals surface area contributed by atoms with Gasteiger partial charge in [-0.3, -0.25) is 14.6 Å². The SMILES string of the molecule is CC(C)CCC(=O)N1CCN(c2nc3ccccc3c(=O)[nH]2)CC1. The molecule has 0 aliphatic carbocycles. The molecule has 3 rings (SSSR count). The Morgan fingerprint density at radius 2 is 1.92 bits per heavy atom. The van der Waals surface area contributed by atoms with Crippen LogP contribution < -0.4 is 10.5 Å². The van der Waals surface area contributed by atoms with E-state index in [1.165, 1.54) is 0 Å². The van der Waals surface area contributed by atoms with Crippen molar-refractivity contribution < 1.29 is 4.79 Å². The third-order valence-electron chi connectivity index (χ3n) is 4.47. The molecule has 1 amide bonds. The number of benzene rings is 1. The van der Waals surface area contributed by atoms with Crippen LogP contribution in [0.15, 0.2) is 29.1 Å². The van der Waals surface area contributed by atoms with E-state index in [1.54, 1.807) is 6.07 Å². The van der Waals surface area contributed by atoms with Crippen molar-refractivity contribution >= 4 is 22.8 Å². The van der Waals surface area contributed by atoms with Gasteiger partial charge in [-0.05, 0) is 24.5 Å². The maximum absolute atomic E-state index is 12.2. The van der Waals surface area contributed by atoms with Crippen LogP contribution in [0.5, 0.6) is 0 Å². The summed E-state index contributed by atoms with van der Waals surface area (Å²) in [5.41, 5.74) is 0.581. The van der Waals surface area contributed by atoms with E-state index in [4.69, 9.17) is 0 Å². The summed E-state index contributed by atoms with van der Waals surface area (Å²) in [7, 11) is 0. The quantitative estimate of drug-likeness (QED) is 0.932. The topological polar surface area (TPSA) is 69.3 Å². The zero-order valence-electron chi connectivity index (χ0n) is 14.3. The molecule has 1 saturated heterocycles. The summed E-state index contributed by atoms with van der Waals surface area (Å²) in [6.07, 6.45) is 1.54. The monoisotopic (exact) mass is 328 g/mol. The number of hydrogen-bond donors (Lipinski definition) is 1. The Labute approximate surface area is 141 Å². The summed E-state index contributed by atoms with van der Waals surface area (Å²) in [6, 6.07) is 7.33. The molecule has 128 valence electrons. The van der Waals surface area contributed by atoms with Gasteiger partial charge in [0.1, 0.15) is 0 Å². The van der Waals surface area contributed by atoms with Crippen molar-refractivity contribution in [2.75, 3.05) is 31.1 Å². The smallest absolute Gasteiger partial charge is 0.260 e. The van der Waals surface area contributed by atoms with E-state index in [0.717, 1.165) is 6.42 Å². The highest BCUT2D eigenvalue weighted by atomic mass is 16.2. The molecule has 1 fully saturated rings. The normalized spacial score (nSPS) is 15.3. The number of hydrogen-bond acceptors (Lipinski definition) is 4. The van der Waals surface area contributed by atoms with Gasteiger partial charge in [-0.1, -0.05) is 26.0 Å². The van der Waals surface area contributed by atoms with Gasteiger partial charge >= 0.3 is 0 Å². The number of aromatic amines is 1. The first-order valence-electron chi connectivity index (χ1n) is 8.56. The largest absolute Gasteiger partial charge is 0.339 e. The minimum Gasteiger partial charge on any atom is -0.339 e. The zero-order chi connectivity index (χ0) is 17.1. The fourth-order valence-electron chi connectivity index (χ4n) is 2.96. The highest BCUT2D eigenvalue weighted by Crippen LogP contribution is 2.15. The Balaban J connectivity index is 1.67. The molecule has 1 aliphatic heterocycles. The van der Waals surface area contributed by atoms with Crippen LogP contribution >= 0.6 is 0 Å². The van der Waals surface area contributed by atoms with Gasteiger partial charge < -0.3 is 9.80 Å². The Morgan fingerprint density at radius 3 is 2.62 bits per heavy atom. The number of carbonyl (C=O) groups excluding carboxylic acids is 1. The first-order chi connectivity index (χ1) is 11.5. The summed E-state index contributed by atoms with van der Waals surface area (Å²) in [5.74, 6) is 1.36. The molecule has 0 spiro atoms. The van der Waals surface area contributed by atoms with E-state index in [9.17, 15) is 9.59 Å². The number of nitrogens with zero attached hydrogens (tertiary/aromatic N) is 3. The Kier molecular flexibility index (Phi) is 4.83. The molecular formula is C18H24N4O2. The number of rotatable bonds is 4. The van der Waals surface area contributed by atoms with Gasteiger partial charge in [0.05, 0.1) is 10.9 Å². The van der Waals surface area contributed by atoms with Gasteiger partial charge in [-0.25, -0.2) is 4.98 Å². The molecule has 0 radical (unpaired) electrons. The van der Waals surface area contributed by atoms with Crippen LogP contribution in [0.3, 0.4) is 0 Å². The molecule has 0 unspecified atom stereocenters. The van der Waals surface area contributed by atoms with Crippen molar-refractivity contribution in [3.63, 3.8) is 0 Å². The van der Waals surface area contributed by atoms with Crippen molar-refractivity contribution in [2.24, 2.45) is 5.92 Å². The fourth-order valence-corrected chi connectivity index (χ4v) is 2.96. The molecule has 1 N–H and O–H groups in total. The van der Waals surface area contributed by atoms with E-state index in [0.29, 0.717) is 55.4 Å². The lowest BCUT2D eigenvalue weighted by Crippen LogP contribution is -2.49. The average Bonchev–Trinajstić information content (AvgIpc) is 2.60. The number of carbonyl (C=O) groups is 1. The predicted molar refractivity (Wildman–Crippen MR) is 95.2 cm³/mol. The second-order valence-corrected chi connectivity index (χ2v) is 6.71. The molecule has 0 saturated carbocycles. The first-order valence-corrected chi connectivity index (χ1v) is 8.56. The van der Waals surface area contributed by atoms with Crippen molar-refractivity contribution in [1.29, 1.82) is 0 Å². The maximum atomic E-state index is 12.2. The van der Waals surface area contributed by atoms with E-state index in [-0.39, 0.29) is 11.5 Å². The van der Waals surface area contributed by atoms with Gasteiger partial charge in [-0.2, -0.15) is 0 Å². The van der Waals surface area contributed by atoms with Gasteiger partial charge in [0.25, 0.3) is 5.56 Å². The van der Waals surface area contributed by atoms with Gasteiger partial charge in [-0.15, -0.1) is 0 Å². The zero-order valence-corrected chi connectivity index (χ0v) is 14.3. The highest BCUT2D eigenvalue weighted by molar-refractivity contribution is 5.78. The number of nitrogens with one attached hydrogen (secondary N) is 1. The summed E-state index contributed by atoms with van der Waals surface area (Å²) in [5, 5.41) is 0.601. The first kappa shape index (κ1) is 16.5. The number of H-pyrrole nitrogens is 1. The van der Waals surface area contributed by atoms with Crippen molar-refractivity contribution in [1.82, 2.24) is 14.9 Å². The minimum atomic E-state index is -0.119. The van der Waals surface area contributed by atoms with Crippen molar-refractivity contribution in [2.45, 2.75) is 26.7 Å². The van der Waals surface area contributed by atoms with Crippen LogP contribution in [0, 0.1) is 5.92 Å². The number of fused-ring (bicyclic) bond motifs is 1. The number of amides is 1. The van der Waals surface area contributed by atoms with E-state index < -0.39 is 0 Å². The van der Waals surface area contributed by atoms with Crippen LogP contribution in [0.1, 0.15) is 26.7 Å². The van der Waals surface area contributed by atoms with E-state index in [1.807, 2.05) is 28.0 Å². The van der Waals surface area contributed by atoms with Crippen molar-refractivity contribution in [3.05, 3.63) is 34.6 Å². The van der Waals surface area contributed by atoms with Crippen molar-refractivity contribution in [3.8, 4) is 0 Å². The molecule has 1 aliphatic rings. The molecule has 6 nitrogen and oxygen atoms in total. The maximum Gasteiger partial charge on any atom is 0.260 e. The Hall–Kier alpha value is -2.37. The molecule has 24 heavy (non-hydrogen) atoms. The average molecular weight is 328 g/mol. The van der Waals surface area contributed by atoms with Crippen LogP contribution in [-0.4, -0.2) is 47.0 Å². The van der Waals surface area contributed by atoms with E-state index in [2.05, 4.69) is 23.8 Å². The standard InChI is InChI=1S/C18H24N4O2/c1-13(2)7-8-16(23)21-9-11-22(12-10-21)18-19-15-6-4-3-5-14(15)17(24)20-18/h3-6,13H,7-12H2,1-2H3,(H,19,20,24). The molecular weight excluding hydrogens is 304 g/mol. The van der Waals surface area contributed by atoms with Gasteiger partial charge in [0.15, 0.2) is 0 Å². The summed E-state index contributed by atoms with van der Waals surface area (Å²) in [6.45, 7) is 6.99. The summed E-state index contributed by atoms with van der Waals surface area (Å²) in [4.78, 5) is 35.8. The third-order valence-corrected chi connectivity index (χ3v) is 4.47. The number of para-hydroxylation sites is 1. The Morgan fingerprint density at radius 1 is 1.21 bits per heavy atom. The third kappa shape index (κ3) is 3.58. The fraction of sp³-hybridized carbons (Fsp3) is 0.500. The second kappa shape index (κ2) is 7.03. The molecule has 1 aromatic heterocycles. The number of aromatic nitrogens is 2. The lowest BCUT2D eigenvalue weighted by Gasteiger charge is -2.35. The van der Waals surface area contributed by atoms with Crippen LogP contribution in [0.4, 0.5) is 5.95 Å². The highest BCUT2D eigenvalue weighted by Gasteiger charge is 2.22. The lowest BCUT2D eigenvalue weighted by molar-refractivity contribution is -0.131. The summed E-state index contributed by atoms with van der Waals surface area (Å²) >= 11 is 0. The van der Waals surface area contributed by atoms with E-state index >= 15 is 0 Å². The van der Waals surface area contributed by atoms with Gasteiger partial charge in [0.2, 0.25) is 11.9 Å². The molecule has 2 aromatic rings. The minimum absolute atomic E-state index is 0.119.